The van der Waals surface area contributed by atoms with Crippen LogP contribution in [0.4, 0.5) is 0 Å². The maximum atomic E-state index is 10.7. The van der Waals surface area contributed by atoms with Crippen molar-refractivity contribution < 1.29 is 9.84 Å². The number of phenolic OH excluding ortho intramolecular Hbond substituents is 1. The second kappa shape index (κ2) is 9.79. The van der Waals surface area contributed by atoms with Crippen LogP contribution >= 0.6 is 0 Å². The topological polar surface area (TPSA) is 29.5 Å². The van der Waals surface area contributed by atoms with Crippen molar-refractivity contribution in [1.29, 1.82) is 0 Å². The summed E-state index contributed by atoms with van der Waals surface area (Å²) in [7, 11) is 1.68. The van der Waals surface area contributed by atoms with Gasteiger partial charge in [0.2, 0.25) is 0 Å². The van der Waals surface area contributed by atoms with Crippen LogP contribution in [-0.2, 0) is 0 Å². The standard InChI is InChI=1S/C27H28O2/c1-20(14-16-22-10-6-4-7-11-22)24-19-27(29-3)25(18-26(24)28)21(2)15-17-23-12-8-5-9-13-23/h4-21,28H,1-3H3/b16-14+,17-15+. The van der Waals surface area contributed by atoms with Gasteiger partial charge >= 0.3 is 0 Å². The van der Waals surface area contributed by atoms with Crippen molar-refractivity contribution in [3.63, 3.8) is 0 Å². The van der Waals surface area contributed by atoms with Gasteiger partial charge in [-0.2, -0.15) is 0 Å². The molecule has 2 nitrogen and oxygen atoms in total. The molecule has 0 spiro atoms. The Kier molecular flexibility index (Phi) is 6.91. The van der Waals surface area contributed by atoms with Gasteiger partial charge in [0.25, 0.3) is 0 Å². The average Bonchev–Trinajstić information content (AvgIpc) is 2.77. The van der Waals surface area contributed by atoms with Crippen molar-refractivity contribution >= 4 is 12.2 Å². The molecule has 0 aliphatic heterocycles. The molecule has 3 aromatic rings. The van der Waals surface area contributed by atoms with Crippen LogP contribution in [-0.4, -0.2) is 12.2 Å². The lowest BCUT2D eigenvalue weighted by atomic mass is 9.92. The number of hydrogen-bond acceptors (Lipinski definition) is 2. The Morgan fingerprint density at radius 2 is 1.21 bits per heavy atom. The van der Waals surface area contributed by atoms with E-state index in [1.807, 2.05) is 48.5 Å². The summed E-state index contributed by atoms with van der Waals surface area (Å²) in [6.45, 7) is 4.18. The summed E-state index contributed by atoms with van der Waals surface area (Å²) in [5, 5.41) is 10.7. The first-order chi connectivity index (χ1) is 14.1. The summed E-state index contributed by atoms with van der Waals surface area (Å²) in [5.41, 5.74) is 4.12. The van der Waals surface area contributed by atoms with Gasteiger partial charge in [-0.3, -0.25) is 0 Å². The van der Waals surface area contributed by atoms with Gasteiger partial charge in [0.05, 0.1) is 7.11 Å². The first-order valence-electron chi connectivity index (χ1n) is 9.95. The fourth-order valence-electron chi connectivity index (χ4n) is 3.34. The van der Waals surface area contributed by atoms with E-state index < -0.39 is 0 Å². The van der Waals surface area contributed by atoms with Crippen LogP contribution in [0.2, 0.25) is 0 Å². The van der Waals surface area contributed by atoms with E-state index in [4.69, 9.17) is 4.74 Å². The number of benzene rings is 3. The van der Waals surface area contributed by atoms with Crippen LogP contribution in [0.5, 0.6) is 11.5 Å². The maximum Gasteiger partial charge on any atom is 0.123 e. The van der Waals surface area contributed by atoms with E-state index in [1.165, 1.54) is 0 Å². The van der Waals surface area contributed by atoms with Crippen LogP contribution in [0.15, 0.2) is 84.9 Å². The van der Waals surface area contributed by atoms with E-state index >= 15 is 0 Å². The van der Waals surface area contributed by atoms with Gasteiger partial charge in [-0.05, 0) is 23.3 Å². The molecule has 1 N–H and O–H groups in total. The number of hydrogen-bond donors (Lipinski definition) is 1. The number of aromatic hydroxyl groups is 1. The Morgan fingerprint density at radius 1 is 0.724 bits per heavy atom. The third-order valence-electron chi connectivity index (χ3n) is 5.11. The Bertz CT molecular complexity index is 972. The summed E-state index contributed by atoms with van der Waals surface area (Å²) < 4.78 is 5.66. The van der Waals surface area contributed by atoms with Gasteiger partial charge in [0, 0.05) is 23.0 Å². The second-order valence-electron chi connectivity index (χ2n) is 7.27. The molecule has 29 heavy (non-hydrogen) atoms. The Morgan fingerprint density at radius 3 is 1.69 bits per heavy atom. The molecule has 2 unspecified atom stereocenters. The fourth-order valence-corrected chi connectivity index (χ4v) is 3.34. The van der Waals surface area contributed by atoms with E-state index in [1.54, 1.807) is 7.11 Å². The first-order valence-corrected chi connectivity index (χ1v) is 9.95. The zero-order valence-corrected chi connectivity index (χ0v) is 17.2. The van der Waals surface area contributed by atoms with Crippen LogP contribution in [0.3, 0.4) is 0 Å². The highest BCUT2D eigenvalue weighted by molar-refractivity contribution is 5.56. The van der Waals surface area contributed by atoms with Crippen LogP contribution in [0, 0.1) is 0 Å². The molecular formula is C27H28O2. The van der Waals surface area contributed by atoms with Crippen molar-refractivity contribution in [3.05, 3.63) is 107 Å². The number of rotatable bonds is 7. The molecule has 0 saturated carbocycles. The van der Waals surface area contributed by atoms with Gasteiger partial charge < -0.3 is 9.84 Å². The molecule has 0 saturated heterocycles. The minimum atomic E-state index is 0.0633. The summed E-state index contributed by atoms with van der Waals surface area (Å²) >= 11 is 0. The lowest BCUT2D eigenvalue weighted by molar-refractivity contribution is 0.404. The number of methoxy groups -OCH3 is 1. The Labute approximate surface area is 173 Å². The molecule has 0 fully saturated rings. The van der Waals surface area contributed by atoms with Crippen molar-refractivity contribution in [3.8, 4) is 11.5 Å². The normalized spacial score (nSPS) is 13.6. The van der Waals surface area contributed by atoms with Gasteiger partial charge in [0.15, 0.2) is 0 Å². The predicted octanol–water partition coefficient (Wildman–Crippen LogP) is 7.03. The summed E-state index contributed by atoms with van der Waals surface area (Å²) in [5.74, 6) is 1.27. The molecule has 3 rings (SSSR count). The third-order valence-corrected chi connectivity index (χ3v) is 5.11. The average molecular weight is 385 g/mol. The smallest absolute Gasteiger partial charge is 0.123 e. The number of phenols is 1. The van der Waals surface area contributed by atoms with Crippen LogP contribution < -0.4 is 4.74 Å². The lowest BCUT2D eigenvalue weighted by Gasteiger charge is -2.18. The zero-order chi connectivity index (χ0) is 20.6. The van der Waals surface area contributed by atoms with Gasteiger partial charge in [0.1, 0.15) is 11.5 Å². The molecule has 2 heteroatoms. The molecule has 0 amide bonds. The second-order valence-corrected chi connectivity index (χ2v) is 7.27. The first kappa shape index (κ1) is 20.5. The largest absolute Gasteiger partial charge is 0.508 e. The van der Waals surface area contributed by atoms with E-state index in [0.717, 1.165) is 28.0 Å². The molecule has 0 aromatic heterocycles. The van der Waals surface area contributed by atoms with Gasteiger partial charge in [-0.1, -0.05) is 98.8 Å². The van der Waals surface area contributed by atoms with Gasteiger partial charge in [-0.25, -0.2) is 0 Å². The molecule has 0 heterocycles. The third kappa shape index (κ3) is 5.39. The number of ether oxygens (including phenoxy) is 1. The molecular weight excluding hydrogens is 356 g/mol. The quantitative estimate of drug-likeness (QED) is 0.473. The highest BCUT2D eigenvalue weighted by atomic mass is 16.5. The minimum absolute atomic E-state index is 0.0633. The van der Waals surface area contributed by atoms with Crippen LogP contribution in [0.25, 0.3) is 12.2 Å². The van der Waals surface area contributed by atoms with Crippen molar-refractivity contribution in [1.82, 2.24) is 0 Å². The molecule has 148 valence electrons. The van der Waals surface area contributed by atoms with Crippen molar-refractivity contribution in [2.45, 2.75) is 25.7 Å². The zero-order valence-electron chi connectivity index (χ0n) is 17.2. The van der Waals surface area contributed by atoms with Crippen LogP contribution in [0.1, 0.15) is 47.9 Å². The predicted molar refractivity (Wildman–Crippen MR) is 122 cm³/mol. The lowest BCUT2D eigenvalue weighted by Crippen LogP contribution is -1.99. The van der Waals surface area contributed by atoms with E-state index in [9.17, 15) is 5.11 Å². The Hall–Kier alpha value is -3.26. The molecule has 0 aliphatic carbocycles. The molecule has 0 bridgehead atoms. The van der Waals surface area contributed by atoms with Crippen molar-refractivity contribution in [2.75, 3.05) is 7.11 Å². The number of allylic oxidation sites excluding steroid dienone is 2. The summed E-state index contributed by atoms with van der Waals surface area (Å²) in [6, 6.07) is 24.2. The van der Waals surface area contributed by atoms with E-state index in [-0.39, 0.29) is 11.8 Å². The van der Waals surface area contributed by atoms with E-state index in [2.05, 4.69) is 62.4 Å². The highest BCUT2D eigenvalue weighted by Gasteiger charge is 2.16. The highest BCUT2D eigenvalue weighted by Crippen LogP contribution is 2.37. The van der Waals surface area contributed by atoms with Gasteiger partial charge in [-0.15, -0.1) is 0 Å². The fraction of sp³-hybridized carbons (Fsp3) is 0.185. The summed E-state index contributed by atoms with van der Waals surface area (Å²) in [4.78, 5) is 0. The summed E-state index contributed by atoms with van der Waals surface area (Å²) in [6.07, 6.45) is 8.41. The molecule has 2 atom stereocenters. The maximum absolute atomic E-state index is 10.7. The molecule has 3 aromatic carbocycles. The Balaban J connectivity index is 1.83. The molecule has 0 aliphatic rings. The SMILES string of the molecule is COc1cc(C(C)/C=C/c2ccccc2)c(O)cc1C(C)/C=C/c1ccccc1. The minimum Gasteiger partial charge on any atom is -0.508 e. The monoisotopic (exact) mass is 384 g/mol. The van der Waals surface area contributed by atoms with Crippen molar-refractivity contribution in [2.24, 2.45) is 0 Å². The molecule has 0 radical (unpaired) electrons. The van der Waals surface area contributed by atoms with E-state index in [0.29, 0.717) is 5.75 Å².